The number of hydrogen-bond acceptors (Lipinski definition) is 5. The first kappa shape index (κ1) is 28.6. The first-order chi connectivity index (χ1) is 15.2. The molecule has 4 atom stereocenters. The molecule has 0 aromatic heterocycles. The van der Waals surface area contributed by atoms with Crippen molar-refractivity contribution in [2.45, 2.75) is 134 Å². The maximum absolute atomic E-state index is 10.1. The SMILES string of the molecule is CCCCCCCCCC/C=C/CCCCCCCCO[C@@H]1CO[C@H]([C@@H](O)CO)[C@@H]1O. The average Bonchev–Trinajstić information content (AvgIpc) is 3.15. The number of ether oxygens (including phenoxy) is 2. The van der Waals surface area contributed by atoms with Gasteiger partial charge < -0.3 is 24.8 Å². The van der Waals surface area contributed by atoms with Gasteiger partial charge in [-0.05, 0) is 32.1 Å². The molecular weight excluding hydrogens is 392 g/mol. The molecule has 0 unspecified atom stereocenters. The lowest BCUT2D eigenvalue weighted by Gasteiger charge is -2.20. The molecular formula is C26H50O5. The summed E-state index contributed by atoms with van der Waals surface area (Å²) in [5.74, 6) is 0. The highest BCUT2D eigenvalue weighted by Crippen LogP contribution is 2.20. The van der Waals surface area contributed by atoms with Crippen LogP contribution in [0.5, 0.6) is 0 Å². The normalized spacial score (nSPS) is 22.5. The molecule has 0 saturated carbocycles. The van der Waals surface area contributed by atoms with E-state index in [2.05, 4.69) is 19.1 Å². The molecule has 31 heavy (non-hydrogen) atoms. The molecule has 0 aromatic carbocycles. The highest BCUT2D eigenvalue weighted by atomic mass is 16.6. The van der Waals surface area contributed by atoms with E-state index in [4.69, 9.17) is 14.6 Å². The third-order valence-electron chi connectivity index (χ3n) is 6.22. The number of unbranched alkanes of at least 4 members (excludes halogenated alkanes) is 14. The van der Waals surface area contributed by atoms with Crippen molar-refractivity contribution in [2.75, 3.05) is 19.8 Å². The molecule has 1 aliphatic heterocycles. The van der Waals surface area contributed by atoms with Gasteiger partial charge >= 0.3 is 0 Å². The van der Waals surface area contributed by atoms with Gasteiger partial charge in [0.25, 0.3) is 0 Å². The van der Waals surface area contributed by atoms with Crippen LogP contribution in [0.25, 0.3) is 0 Å². The van der Waals surface area contributed by atoms with Crippen molar-refractivity contribution >= 4 is 0 Å². The Hall–Kier alpha value is -0.460. The van der Waals surface area contributed by atoms with Gasteiger partial charge in [-0.1, -0.05) is 89.7 Å². The fourth-order valence-corrected chi connectivity index (χ4v) is 4.14. The van der Waals surface area contributed by atoms with E-state index < -0.39 is 31.0 Å². The van der Waals surface area contributed by atoms with Crippen molar-refractivity contribution in [2.24, 2.45) is 0 Å². The average molecular weight is 443 g/mol. The van der Waals surface area contributed by atoms with E-state index in [9.17, 15) is 10.2 Å². The van der Waals surface area contributed by atoms with Crippen molar-refractivity contribution in [1.82, 2.24) is 0 Å². The Balaban J connectivity index is 1.80. The number of hydrogen-bond donors (Lipinski definition) is 3. The van der Waals surface area contributed by atoms with Crippen LogP contribution in [-0.4, -0.2) is 59.6 Å². The predicted molar refractivity (Wildman–Crippen MR) is 127 cm³/mol. The van der Waals surface area contributed by atoms with Crippen molar-refractivity contribution in [3.63, 3.8) is 0 Å². The van der Waals surface area contributed by atoms with Crippen molar-refractivity contribution in [1.29, 1.82) is 0 Å². The van der Waals surface area contributed by atoms with E-state index in [1.807, 2.05) is 0 Å². The fourth-order valence-electron chi connectivity index (χ4n) is 4.14. The second-order valence-electron chi connectivity index (χ2n) is 9.09. The van der Waals surface area contributed by atoms with E-state index in [0.717, 1.165) is 12.8 Å². The van der Waals surface area contributed by atoms with Crippen LogP contribution < -0.4 is 0 Å². The number of rotatable bonds is 21. The summed E-state index contributed by atoms with van der Waals surface area (Å²) in [7, 11) is 0. The Bertz CT molecular complexity index is 415. The van der Waals surface area contributed by atoms with Gasteiger partial charge in [0.2, 0.25) is 0 Å². The van der Waals surface area contributed by atoms with Gasteiger partial charge in [0.1, 0.15) is 24.4 Å². The Morgan fingerprint density at radius 3 is 1.90 bits per heavy atom. The van der Waals surface area contributed by atoms with Crippen LogP contribution in [0.1, 0.15) is 110 Å². The van der Waals surface area contributed by atoms with Crippen molar-refractivity contribution < 1.29 is 24.8 Å². The molecule has 1 rings (SSSR count). The van der Waals surface area contributed by atoms with Crippen molar-refractivity contribution in [3.05, 3.63) is 12.2 Å². The largest absolute Gasteiger partial charge is 0.394 e. The van der Waals surface area contributed by atoms with Crippen LogP contribution in [0.15, 0.2) is 12.2 Å². The zero-order valence-corrected chi connectivity index (χ0v) is 20.1. The highest BCUT2D eigenvalue weighted by Gasteiger charge is 2.40. The minimum atomic E-state index is -1.05. The minimum Gasteiger partial charge on any atom is -0.394 e. The molecule has 0 aliphatic carbocycles. The lowest BCUT2D eigenvalue weighted by molar-refractivity contribution is -0.0730. The van der Waals surface area contributed by atoms with Crippen LogP contribution >= 0.6 is 0 Å². The van der Waals surface area contributed by atoms with Gasteiger partial charge in [0.05, 0.1) is 13.2 Å². The molecule has 5 nitrogen and oxygen atoms in total. The van der Waals surface area contributed by atoms with Gasteiger partial charge in [0, 0.05) is 6.61 Å². The molecule has 0 radical (unpaired) electrons. The molecule has 0 spiro atoms. The lowest BCUT2D eigenvalue weighted by Crippen LogP contribution is -2.41. The van der Waals surface area contributed by atoms with Crippen molar-refractivity contribution in [3.8, 4) is 0 Å². The molecule has 1 heterocycles. The zero-order chi connectivity index (χ0) is 22.6. The Morgan fingerprint density at radius 1 is 0.839 bits per heavy atom. The third-order valence-corrected chi connectivity index (χ3v) is 6.22. The second kappa shape index (κ2) is 20.2. The standard InChI is InChI=1S/C26H50O5/c1-2-3-4-5-6-7-8-9-10-11-12-13-14-15-16-17-18-19-20-30-24-22-31-26(25(24)29)23(28)21-27/h11-12,23-29H,2-10,13-22H2,1H3/b12-11+/t23-,24+,25+,26+/m0/s1. The number of aliphatic hydroxyl groups is 3. The van der Waals surface area contributed by atoms with Gasteiger partial charge in [0.15, 0.2) is 0 Å². The molecule has 1 saturated heterocycles. The van der Waals surface area contributed by atoms with E-state index in [1.165, 1.54) is 89.9 Å². The van der Waals surface area contributed by atoms with E-state index in [0.29, 0.717) is 6.61 Å². The lowest BCUT2D eigenvalue weighted by atomic mass is 10.1. The van der Waals surface area contributed by atoms with Crippen LogP contribution in [0.3, 0.4) is 0 Å². The Kier molecular flexibility index (Phi) is 18.6. The number of aliphatic hydroxyl groups excluding tert-OH is 3. The quantitative estimate of drug-likeness (QED) is 0.166. The Morgan fingerprint density at radius 2 is 1.35 bits per heavy atom. The van der Waals surface area contributed by atoms with E-state index in [1.54, 1.807) is 0 Å². The van der Waals surface area contributed by atoms with Gasteiger partial charge in [-0.3, -0.25) is 0 Å². The van der Waals surface area contributed by atoms with Crippen LogP contribution in [0.4, 0.5) is 0 Å². The maximum atomic E-state index is 10.1. The molecule has 5 heteroatoms. The summed E-state index contributed by atoms with van der Waals surface area (Å²) < 4.78 is 11.0. The van der Waals surface area contributed by atoms with Gasteiger partial charge in [-0.25, -0.2) is 0 Å². The summed E-state index contributed by atoms with van der Waals surface area (Å²) in [6.07, 6.45) is 22.5. The van der Waals surface area contributed by atoms with Gasteiger partial charge in [-0.15, -0.1) is 0 Å². The molecule has 184 valence electrons. The number of allylic oxidation sites excluding steroid dienone is 2. The molecule has 0 amide bonds. The molecule has 0 aromatic rings. The monoisotopic (exact) mass is 442 g/mol. The molecule has 0 bridgehead atoms. The van der Waals surface area contributed by atoms with E-state index >= 15 is 0 Å². The van der Waals surface area contributed by atoms with Crippen LogP contribution in [-0.2, 0) is 9.47 Å². The topological polar surface area (TPSA) is 79.2 Å². The Labute approximate surface area is 191 Å². The van der Waals surface area contributed by atoms with Crippen LogP contribution in [0.2, 0.25) is 0 Å². The third kappa shape index (κ3) is 14.3. The smallest absolute Gasteiger partial charge is 0.114 e. The summed E-state index contributed by atoms with van der Waals surface area (Å²) in [5.41, 5.74) is 0. The molecule has 1 aliphatic rings. The zero-order valence-electron chi connectivity index (χ0n) is 20.1. The fraction of sp³-hybridized carbons (Fsp3) is 0.923. The first-order valence-electron chi connectivity index (χ1n) is 13.1. The molecule has 3 N–H and O–H groups in total. The highest BCUT2D eigenvalue weighted by molar-refractivity contribution is 4.88. The maximum Gasteiger partial charge on any atom is 0.114 e. The van der Waals surface area contributed by atoms with E-state index in [-0.39, 0.29) is 6.61 Å². The van der Waals surface area contributed by atoms with Crippen LogP contribution in [0, 0.1) is 0 Å². The summed E-state index contributed by atoms with van der Waals surface area (Å²) >= 11 is 0. The summed E-state index contributed by atoms with van der Waals surface area (Å²) in [6, 6.07) is 0. The van der Waals surface area contributed by atoms with Gasteiger partial charge in [-0.2, -0.15) is 0 Å². The predicted octanol–water partition coefficient (Wildman–Crippen LogP) is 5.30. The summed E-state index contributed by atoms with van der Waals surface area (Å²) in [4.78, 5) is 0. The summed E-state index contributed by atoms with van der Waals surface area (Å²) in [6.45, 7) is 2.74. The minimum absolute atomic E-state index is 0.273. The molecule has 1 fully saturated rings. The summed E-state index contributed by atoms with van der Waals surface area (Å²) in [5, 5.41) is 28.6. The first-order valence-corrected chi connectivity index (χ1v) is 13.1. The second-order valence-corrected chi connectivity index (χ2v) is 9.09.